The highest BCUT2D eigenvalue weighted by atomic mass is 16.5. The monoisotopic (exact) mass is 282 g/mol. The van der Waals surface area contributed by atoms with Gasteiger partial charge in [-0.2, -0.15) is 0 Å². The van der Waals surface area contributed by atoms with Gasteiger partial charge in [-0.3, -0.25) is 4.79 Å². The van der Waals surface area contributed by atoms with Gasteiger partial charge in [0.1, 0.15) is 5.75 Å². The minimum Gasteiger partial charge on any atom is -0.496 e. The molecule has 4 nitrogen and oxygen atoms in total. The van der Waals surface area contributed by atoms with Crippen molar-refractivity contribution in [1.29, 1.82) is 0 Å². The molecule has 0 heterocycles. The Morgan fingerprint density at radius 2 is 2.10 bits per heavy atom. The normalized spacial score (nSPS) is 16.3. The standard InChI is InChI=1S/C17H18N2O2/c1-21-16-10-12(18)7-8-14(16)17(20)19-15-9-6-11-4-2-3-5-13(11)15/h2-5,7-8,10,15H,6,9,18H2,1H3,(H,19,20). The fourth-order valence-electron chi connectivity index (χ4n) is 2.84. The Morgan fingerprint density at radius 3 is 2.90 bits per heavy atom. The van der Waals surface area contributed by atoms with Gasteiger partial charge in [-0.05, 0) is 36.1 Å². The molecule has 0 radical (unpaired) electrons. The summed E-state index contributed by atoms with van der Waals surface area (Å²) in [6.07, 6.45) is 1.93. The second kappa shape index (κ2) is 5.48. The van der Waals surface area contributed by atoms with Crippen molar-refractivity contribution in [1.82, 2.24) is 5.32 Å². The number of benzene rings is 2. The number of nitrogens with two attached hydrogens (primary N) is 1. The van der Waals surface area contributed by atoms with E-state index < -0.39 is 0 Å². The van der Waals surface area contributed by atoms with Gasteiger partial charge in [-0.25, -0.2) is 0 Å². The molecule has 0 aliphatic heterocycles. The zero-order valence-corrected chi connectivity index (χ0v) is 11.9. The third-order valence-corrected chi connectivity index (χ3v) is 3.91. The minimum absolute atomic E-state index is 0.0657. The van der Waals surface area contributed by atoms with Crippen LogP contribution in [-0.4, -0.2) is 13.0 Å². The van der Waals surface area contributed by atoms with Crippen molar-refractivity contribution in [3.63, 3.8) is 0 Å². The van der Waals surface area contributed by atoms with E-state index in [2.05, 4.69) is 17.4 Å². The summed E-state index contributed by atoms with van der Waals surface area (Å²) in [4.78, 5) is 12.5. The molecule has 2 aromatic carbocycles. The molecular formula is C17H18N2O2. The molecule has 0 aromatic heterocycles. The van der Waals surface area contributed by atoms with E-state index in [0.717, 1.165) is 12.8 Å². The van der Waals surface area contributed by atoms with Crippen molar-refractivity contribution in [3.8, 4) is 5.75 Å². The van der Waals surface area contributed by atoms with Crippen LogP contribution in [0, 0.1) is 0 Å². The van der Waals surface area contributed by atoms with Crippen molar-refractivity contribution in [2.75, 3.05) is 12.8 Å². The zero-order chi connectivity index (χ0) is 14.8. The molecule has 108 valence electrons. The Morgan fingerprint density at radius 1 is 1.29 bits per heavy atom. The molecule has 0 fully saturated rings. The number of amides is 1. The summed E-state index contributed by atoms with van der Waals surface area (Å²) < 4.78 is 5.24. The van der Waals surface area contributed by atoms with Gasteiger partial charge < -0.3 is 15.8 Å². The predicted octanol–water partition coefficient (Wildman–Crippen LogP) is 2.69. The van der Waals surface area contributed by atoms with Gasteiger partial charge in [0.05, 0.1) is 18.7 Å². The highest BCUT2D eigenvalue weighted by molar-refractivity contribution is 5.97. The van der Waals surface area contributed by atoms with Crippen LogP contribution in [0.5, 0.6) is 5.75 Å². The Hall–Kier alpha value is -2.49. The second-order valence-electron chi connectivity index (χ2n) is 5.22. The average molecular weight is 282 g/mol. The number of carbonyl (C=O) groups excluding carboxylic acids is 1. The molecule has 1 atom stereocenters. The number of nitrogens with one attached hydrogen (secondary N) is 1. The molecule has 0 saturated carbocycles. The molecule has 4 heteroatoms. The van der Waals surface area contributed by atoms with Crippen LogP contribution in [-0.2, 0) is 6.42 Å². The molecule has 2 aromatic rings. The molecule has 1 unspecified atom stereocenters. The smallest absolute Gasteiger partial charge is 0.255 e. The highest BCUT2D eigenvalue weighted by Crippen LogP contribution is 2.31. The van der Waals surface area contributed by atoms with Gasteiger partial charge in [0.25, 0.3) is 5.91 Å². The lowest BCUT2D eigenvalue weighted by Gasteiger charge is -2.16. The average Bonchev–Trinajstić information content (AvgIpc) is 2.90. The quantitative estimate of drug-likeness (QED) is 0.851. The predicted molar refractivity (Wildman–Crippen MR) is 82.4 cm³/mol. The van der Waals surface area contributed by atoms with Crippen LogP contribution in [0.25, 0.3) is 0 Å². The van der Waals surface area contributed by atoms with Crippen LogP contribution in [0.2, 0.25) is 0 Å². The molecule has 1 amide bonds. The summed E-state index contributed by atoms with van der Waals surface area (Å²) in [5.41, 5.74) is 9.33. The summed E-state index contributed by atoms with van der Waals surface area (Å²) in [6.45, 7) is 0. The molecule has 3 N–H and O–H groups in total. The first-order valence-electron chi connectivity index (χ1n) is 7.01. The fraction of sp³-hybridized carbons (Fsp3) is 0.235. The Labute approximate surface area is 123 Å². The zero-order valence-electron chi connectivity index (χ0n) is 11.9. The number of carbonyl (C=O) groups is 1. The van der Waals surface area contributed by atoms with Crippen molar-refractivity contribution < 1.29 is 9.53 Å². The summed E-state index contributed by atoms with van der Waals surface area (Å²) in [5, 5.41) is 3.09. The lowest BCUT2D eigenvalue weighted by atomic mass is 10.1. The number of anilines is 1. The summed E-state index contributed by atoms with van der Waals surface area (Å²) >= 11 is 0. The van der Waals surface area contributed by atoms with Gasteiger partial charge in [0, 0.05) is 11.8 Å². The van der Waals surface area contributed by atoms with Crippen LogP contribution in [0.15, 0.2) is 42.5 Å². The van der Waals surface area contributed by atoms with Gasteiger partial charge >= 0.3 is 0 Å². The summed E-state index contributed by atoms with van der Waals surface area (Å²) in [5.74, 6) is 0.368. The van der Waals surface area contributed by atoms with Crippen molar-refractivity contribution >= 4 is 11.6 Å². The van der Waals surface area contributed by atoms with E-state index in [4.69, 9.17) is 10.5 Å². The maximum atomic E-state index is 12.5. The van der Waals surface area contributed by atoms with Gasteiger partial charge in [0.15, 0.2) is 0 Å². The first-order valence-corrected chi connectivity index (χ1v) is 7.01. The van der Waals surface area contributed by atoms with Gasteiger partial charge in [-0.1, -0.05) is 24.3 Å². The molecular weight excluding hydrogens is 264 g/mol. The van der Waals surface area contributed by atoms with E-state index in [1.807, 2.05) is 12.1 Å². The van der Waals surface area contributed by atoms with Gasteiger partial charge in [0.2, 0.25) is 0 Å². The molecule has 3 rings (SSSR count). The number of methoxy groups -OCH3 is 1. The van der Waals surface area contributed by atoms with E-state index in [0.29, 0.717) is 17.0 Å². The van der Waals surface area contributed by atoms with Crippen LogP contribution in [0.1, 0.15) is 33.9 Å². The lowest BCUT2D eigenvalue weighted by Crippen LogP contribution is -2.27. The minimum atomic E-state index is -0.131. The largest absolute Gasteiger partial charge is 0.496 e. The first kappa shape index (κ1) is 13.5. The third-order valence-electron chi connectivity index (χ3n) is 3.91. The third kappa shape index (κ3) is 2.57. The Balaban J connectivity index is 1.82. The number of hydrogen-bond donors (Lipinski definition) is 2. The number of rotatable bonds is 3. The van der Waals surface area contributed by atoms with E-state index >= 15 is 0 Å². The molecule has 0 bridgehead atoms. The molecule has 0 saturated heterocycles. The number of nitrogen functional groups attached to an aromatic ring is 1. The van der Waals surface area contributed by atoms with Crippen molar-refractivity contribution in [2.45, 2.75) is 18.9 Å². The van der Waals surface area contributed by atoms with Crippen molar-refractivity contribution in [3.05, 3.63) is 59.2 Å². The lowest BCUT2D eigenvalue weighted by molar-refractivity contribution is 0.0933. The van der Waals surface area contributed by atoms with Gasteiger partial charge in [-0.15, -0.1) is 0 Å². The summed E-state index contributed by atoms with van der Waals surface area (Å²) in [6, 6.07) is 13.4. The van der Waals surface area contributed by atoms with E-state index in [1.165, 1.54) is 18.2 Å². The van der Waals surface area contributed by atoms with Crippen molar-refractivity contribution in [2.24, 2.45) is 0 Å². The number of hydrogen-bond acceptors (Lipinski definition) is 3. The highest BCUT2D eigenvalue weighted by Gasteiger charge is 2.24. The summed E-state index contributed by atoms with van der Waals surface area (Å²) in [7, 11) is 1.54. The topological polar surface area (TPSA) is 64.3 Å². The first-order chi connectivity index (χ1) is 10.2. The maximum absolute atomic E-state index is 12.5. The number of aryl methyl sites for hydroxylation is 1. The van der Waals surface area contributed by atoms with Crippen LogP contribution >= 0.6 is 0 Å². The molecule has 0 spiro atoms. The van der Waals surface area contributed by atoms with E-state index in [9.17, 15) is 4.79 Å². The van der Waals surface area contributed by atoms with E-state index in [1.54, 1.807) is 18.2 Å². The SMILES string of the molecule is COc1cc(N)ccc1C(=O)NC1CCc2ccccc21. The Bertz CT molecular complexity index is 682. The Kier molecular flexibility index (Phi) is 3.52. The van der Waals surface area contributed by atoms with E-state index in [-0.39, 0.29) is 11.9 Å². The maximum Gasteiger partial charge on any atom is 0.255 e. The van der Waals surface area contributed by atoms with Crippen LogP contribution in [0.3, 0.4) is 0 Å². The molecule has 21 heavy (non-hydrogen) atoms. The second-order valence-corrected chi connectivity index (χ2v) is 5.22. The molecule has 1 aliphatic carbocycles. The van der Waals surface area contributed by atoms with Crippen LogP contribution in [0.4, 0.5) is 5.69 Å². The number of fused-ring (bicyclic) bond motifs is 1. The molecule has 1 aliphatic rings. The van der Waals surface area contributed by atoms with Crippen LogP contribution < -0.4 is 15.8 Å². The number of ether oxygens (including phenoxy) is 1. The fourth-order valence-corrected chi connectivity index (χ4v) is 2.84.